The summed E-state index contributed by atoms with van der Waals surface area (Å²) in [7, 11) is 0. The van der Waals surface area contributed by atoms with Crippen LogP contribution in [0.15, 0.2) is 18.5 Å². The van der Waals surface area contributed by atoms with E-state index in [0.717, 1.165) is 25.7 Å². The first-order chi connectivity index (χ1) is 6.93. The highest BCUT2D eigenvalue weighted by atomic mass is 15.2. The highest BCUT2D eigenvalue weighted by molar-refractivity contribution is 5.25. The molecule has 3 nitrogen and oxygen atoms in total. The largest absolute Gasteiger partial charge is 0.314 e. The number of fused-ring (bicyclic) bond motifs is 1. The molecule has 1 fully saturated rings. The normalized spacial score (nSPS) is 22.9. The van der Waals surface area contributed by atoms with Crippen LogP contribution in [0.4, 0.5) is 0 Å². The minimum atomic E-state index is 0.767. The first-order valence-corrected chi connectivity index (χ1v) is 5.30. The molecule has 0 atom stereocenters. The fourth-order valence-electron chi connectivity index (χ4n) is 2.25. The molecule has 1 saturated heterocycles. The molecule has 14 heavy (non-hydrogen) atoms. The van der Waals surface area contributed by atoms with E-state index in [4.69, 9.17) is 0 Å². The Morgan fingerprint density at radius 1 is 1.36 bits per heavy atom. The average molecular weight is 189 g/mol. The van der Waals surface area contributed by atoms with E-state index in [1.165, 1.54) is 24.1 Å². The maximum absolute atomic E-state index is 4.19. The van der Waals surface area contributed by atoms with Crippen LogP contribution in [-0.4, -0.2) is 35.6 Å². The SMILES string of the molecule is c1cc2c(cn1)CN(C1CNC1)CC2. The van der Waals surface area contributed by atoms with Crippen molar-refractivity contribution in [2.24, 2.45) is 0 Å². The van der Waals surface area contributed by atoms with Gasteiger partial charge in [-0.3, -0.25) is 9.88 Å². The summed E-state index contributed by atoms with van der Waals surface area (Å²) in [6, 6.07) is 2.93. The summed E-state index contributed by atoms with van der Waals surface area (Å²) < 4.78 is 0. The van der Waals surface area contributed by atoms with E-state index in [-0.39, 0.29) is 0 Å². The van der Waals surface area contributed by atoms with Crippen molar-refractivity contribution < 1.29 is 0 Å². The van der Waals surface area contributed by atoms with Crippen LogP contribution in [-0.2, 0) is 13.0 Å². The molecule has 0 bridgehead atoms. The fourth-order valence-corrected chi connectivity index (χ4v) is 2.25. The lowest BCUT2D eigenvalue weighted by atomic mass is 9.99. The van der Waals surface area contributed by atoms with Gasteiger partial charge in [-0.25, -0.2) is 0 Å². The van der Waals surface area contributed by atoms with Crippen LogP contribution in [0, 0.1) is 0 Å². The standard InChI is InChI=1S/C11H15N3/c1-3-12-5-10-8-14(4-2-9(1)10)11-6-13-7-11/h1,3,5,11,13H,2,4,6-8H2. The first kappa shape index (κ1) is 8.38. The van der Waals surface area contributed by atoms with Crippen LogP contribution < -0.4 is 5.32 Å². The van der Waals surface area contributed by atoms with E-state index in [2.05, 4.69) is 21.3 Å². The van der Waals surface area contributed by atoms with Crippen LogP contribution in [0.3, 0.4) is 0 Å². The second-order valence-electron chi connectivity index (χ2n) is 4.18. The van der Waals surface area contributed by atoms with Crippen LogP contribution in [0.1, 0.15) is 11.1 Å². The van der Waals surface area contributed by atoms with E-state index < -0.39 is 0 Å². The minimum Gasteiger partial charge on any atom is -0.314 e. The summed E-state index contributed by atoms with van der Waals surface area (Å²) in [5, 5.41) is 3.33. The molecule has 1 aromatic rings. The van der Waals surface area contributed by atoms with Crippen LogP contribution >= 0.6 is 0 Å². The number of rotatable bonds is 1. The third-order valence-electron chi connectivity index (χ3n) is 3.32. The quantitative estimate of drug-likeness (QED) is 0.693. The molecule has 0 amide bonds. The molecule has 0 saturated carbocycles. The predicted octanol–water partition coefficient (Wildman–Crippen LogP) is 0.411. The van der Waals surface area contributed by atoms with Crippen molar-refractivity contribution in [3.8, 4) is 0 Å². The van der Waals surface area contributed by atoms with Gasteiger partial charge in [-0.1, -0.05) is 0 Å². The van der Waals surface area contributed by atoms with E-state index in [9.17, 15) is 0 Å². The molecule has 0 aromatic carbocycles. The maximum atomic E-state index is 4.19. The van der Waals surface area contributed by atoms with Crippen LogP contribution in [0.2, 0.25) is 0 Å². The molecule has 2 aliphatic rings. The zero-order valence-corrected chi connectivity index (χ0v) is 8.24. The predicted molar refractivity (Wildman–Crippen MR) is 55.0 cm³/mol. The molecule has 0 unspecified atom stereocenters. The number of nitrogens with one attached hydrogen (secondary N) is 1. The molecule has 1 aromatic heterocycles. The van der Waals surface area contributed by atoms with Gasteiger partial charge in [0, 0.05) is 44.6 Å². The zero-order valence-electron chi connectivity index (χ0n) is 8.24. The third-order valence-corrected chi connectivity index (χ3v) is 3.32. The van der Waals surface area contributed by atoms with Crippen LogP contribution in [0.25, 0.3) is 0 Å². The van der Waals surface area contributed by atoms with E-state index in [0.29, 0.717) is 0 Å². The number of nitrogens with zero attached hydrogens (tertiary/aromatic N) is 2. The Balaban J connectivity index is 1.79. The summed E-state index contributed by atoms with van der Waals surface area (Å²) in [5.74, 6) is 0. The van der Waals surface area contributed by atoms with Gasteiger partial charge in [0.1, 0.15) is 0 Å². The molecule has 1 N–H and O–H groups in total. The molecular formula is C11H15N3. The van der Waals surface area contributed by atoms with Gasteiger partial charge >= 0.3 is 0 Å². The molecular weight excluding hydrogens is 174 g/mol. The monoisotopic (exact) mass is 189 g/mol. The van der Waals surface area contributed by atoms with Gasteiger partial charge in [-0.15, -0.1) is 0 Å². The Labute approximate surface area is 84.1 Å². The Morgan fingerprint density at radius 3 is 3.07 bits per heavy atom. The van der Waals surface area contributed by atoms with Gasteiger partial charge in [0.05, 0.1) is 0 Å². The van der Waals surface area contributed by atoms with Crippen molar-refractivity contribution >= 4 is 0 Å². The van der Waals surface area contributed by atoms with Gasteiger partial charge in [0.2, 0.25) is 0 Å². The highest BCUT2D eigenvalue weighted by Gasteiger charge is 2.27. The second-order valence-corrected chi connectivity index (χ2v) is 4.18. The van der Waals surface area contributed by atoms with Crippen LogP contribution in [0.5, 0.6) is 0 Å². The summed E-state index contributed by atoms with van der Waals surface area (Å²) in [6.07, 6.45) is 5.11. The van der Waals surface area contributed by atoms with Crippen molar-refractivity contribution in [1.82, 2.24) is 15.2 Å². The number of hydrogen-bond donors (Lipinski definition) is 1. The molecule has 0 radical (unpaired) electrons. The molecule has 0 spiro atoms. The smallest absolute Gasteiger partial charge is 0.0349 e. The van der Waals surface area contributed by atoms with E-state index in [1.807, 2.05) is 12.4 Å². The van der Waals surface area contributed by atoms with Gasteiger partial charge in [0.15, 0.2) is 0 Å². The van der Waals surface area contributed by atoms with Gasteiger partial charge in [-0.05, 0) is 23.6 Å². The van der Waals surface area contributed by atoms with Crippen molar-refractivity contribution in [1.29, 1.82) is 0 Å². The molecule has 74 valence electrons. The molecule has 3 heteroatoms. The number of aromatic nitrogens is 1. The van der Waals surface area contributed by atoms with Gasteiger partial charge in [0.25, 0.3) is 0 Å². The number of pyridine rings is 1. The van der Waals surface area contributed by atoms with Gasteiger partial charge < -0.3 is 5.32 Å². The van der Waals surface area contributed by atoms with Gasteiger partial charge in [-0.2, -0.15) is 0 Å². The Kier molecular flexibility index (Phi) is 2.00. The van der Waals surface area contributed by atoms with Crippen molar-refractivity contribution in [3.63, 3.8) is 0 Å². The Hall–Kier alpha value is -0.930. The summed E-state index contributed by atoms with van der Waals surface area (Å²) >= 11 is 0. The summed E-state index contributed by atoms with van der Waals surface area (Å²) in [4.78, 5) is 6.76. The maximum Gasteiger partial charge on any atom is 0.0349 e. The third kappa shape index (κ3) is 1.33. The molecule has 3 rings (SSSR count). The summed E-state index contributed by atoms with van der Waals surface area (Å²) in [5.41, 5.74) is 2.91. The minimum absolute atomic E-state index is 0.767. The van der Waals surface area contributed by atoms with Crippen molar-refractivity contribution in [2.45, 2.75) is 19.0 Å². The van der Waals surface area contributed by atoms with Crippen molar-refractivity contribution in [2.75, 3.05) is 19.6 Å². The Morgan fingerprint density at radius 2 is 2.29 bits per heavy atom. The lowest BCUT2D eigenvalue weighted by Crippen LogP contribution is -2.57. The van der Waals surface area contributed by atoms with E-state index >= 15 is 0 Å². The molecule has 0 aliphatic carbocycles. The lowest BCUT2D eigenvalue weighted by Gasteiger charge is -2.40. The second kappa shape index (κ2) is 3.33. The zero-order chi connectivity index (χ0) is 9.38. The molecule has 2 aliphatic heterocycles. The lowest BCUT2D eigenvalue weighted by molar-refractivity contribution is 0.131. The highest BCUT2D eigenvalue weighted by Crippen LogP contribution is 2.20. The topological polar surface area (TPSA) is 28.2 Å². The fraction of sp³-hybridized carbons (Fsp3) is 0.545. The molecule has 3 heterocycles. The first-order valence-electron chi connectivity index (χ1n) is 5.30. The van der Waals surface area contributed by atoms with Crippen molar-refractivity contribution in [3.05, 3.63) is 29.6 Å². The Bertz CT molecular complexity index is 333. The number of hydrogen-bond acceptors (Lipinski definition) is 3. The summed E-state index contributed by atoms with van der Waals surface area (Å²) in [6.45, 7) is 4.63. The van der Waals surface area contributed by atoms with E-state index in [1.54, 1.807) is 0 Å². The average Bonchev–Trinajstić information content (AvgIpc) is 2.15.